The van der Waals surface area contributed by atoms with Crippen LogP contribution in [-0.2, 0) is 9.47 Å². The Labute approximate surface area is 164 Å². The third kappa shape index (κ3) is 10.2. The van der Waals surface area contributed by atoms with Crippen LogP contribution < -0.4 is 0 Å². The van der Waals surface area contributed by atoms with E-state index in [4.69, 9.17) is 9.47 Å². The highest BCUT2D eigenvalue weighted by atomic mass is 16.5. The largest absolute Gasteiger partial charge is 0.462 e. The second-order valence-corrected chi connectivity index (χ2v) is 7.67. The lowest BCUT2D eigenvalue weighted by Gasteiger charge is -2.14. The van der Waals surface area contributed by atoms with Crippen LogP contribution in [0.5, 0.6) is 0 Å². The van der Waals surface area contributed by atoms with Gasteiger partial charge >= 0.3 is 11.9 Å². The van der Waals surface area contributed by atoms with Crippen LogP contribution in [0.1, 0.15) is 99.8 Å². The average molecular weight is 377 g/mol. The molecule has 0 aliphatic carbocycles. The minimum atomic E-state index is -0.345. The molecule has 1 aromatic carbocycles. The van der Waals surface area contributed by atoms with Crippen molar-refractivity contribution < 1.29 is 19.1 Å². The summed E-state index contributed by atoms with van der Waals surface area (Å²) in [7, 11) is 0. The SMILES string of the molecule is CCCCCCCOC(=O)c1ccc(C(=O)OC(C)CCCC(C)C)cc1. The molecule has 0 amide bonds. The molecule has 0 saturated carbocycles. The van der Waals surface area contributed by atoms with Crippen LogP contribution in [0, 0.1) is 5.92 Å². The number of hydrogen-bond donors (Lipinski definition) is 0. The van der Waals surface area contributed by atoms with Crippen LogP contribution in [0.4, 0.5) is 0 Å². The zero-order valence-corrected chi connectivity index (χ0v) is 17.5. The molecule has 0 aliphatic rings. The number of benzene rings is 1. The van der Waals surface area contributed by atoms with Crippen LogP contribution in [0.3, 0.4) is 0 Å². The Morgan fingerprint density at radius 3 is 2.00 bits per heavy atom. The molecule has 152 valence electrons. The van der Waals surface area contributed by atoms with Crippen molar-refractivity contribution in [3.63, 3.8) is 0 Å². The van der Waals surface area contributed by atoms with Crippen molar-refractivity contribution in [2.75, 3.05) is 6.61 Å². The van der Waals surface area contributed by atoms with Gasteiger partial charge in [0.25, 0.3) is 0 Å². The Balaban J connectivity index is 2.36. The second kappa shape index (κ2) is 13.3. The van der Waals surface area contributed by atoms with Gasteiger partial charge in [0.1, 0.15) is 0 Å². The van der Waals surface area contributed by atoms with E-state index >= 15 is 0 Å². The van der Waals surface area contributed by atoms with Gasteiger partial charge in [0.15, 0.2) is 0 Å². The fourth-order valence-corrected chi connectivity index (χ4v) is 2.82. The highest BCUT2D eigenvalue weighted by molar-refractivity contribution is 5.93. The highest BCUT2D eigenvalue weighted by Gasteiger charge is 2.14. The zero-order valence-electron chi connectivity index (χ0n) is 17.5. The van der Waals surface area contributed by atoms with Gasteiger partial charge in [-0.15, -0.1) is 0 Å². The molecule has 1 unspecified atom stereocenters. The van der Waals surface area contributed by atoms with Crippen molar-refractivity contribution in [1.29, 1.82) is 0 Å². The minimum Gasteiger partial charge on any atom is -0.462 e. The number of hydrogen-bond acceptors (Lipinski definition) is 4. The fraction of sp³-hybridized carbons (Fsp3) is 0.652. The Morgan fingerprint density at radius 1 is 0.815 bits per heavy atom. The van der Waals surface area contributed by atoms with Gasteiger partial charge < -0.3 is 9.47 Å². The van der Waals surface area contributed by atoms with Crippen LogP contribution in [0.15, 0.2) is 24.3 Å². The van der Waals surface area contributed by atoms with Crippen molar-refractivity contribution in [1.82, 2.24) is 0 Å². The zero-order chi connectivity index (χ0) is 20.1. The van der Waals surface area contributed by atoms with Crippen molar-refractivity contribution in [2.24, 2.45) is 5.92 Å². The van der Waals surface area contributed by atoms with Gasteiger partial charge in [-0.1, -0.05) is 52.9 Å². The minimum absolute atomic E-state index is 0.103. The maximum atomic E-state index is 12.2. The number of ether oxygens (including phenoxy) is 2. The van der Waals surface area contributed by atoms with Crippen molar-refractivity contribution >= 4 is 11.9 Å². The molecule has 4 heteroatoms. The van der Waals surface area contributed by atoms with E-state index in [1.165, 1.54) is 19.3 Å². The molecule has 1 rings (SSSR count). The monoisotopic (exact) mass is 376 g/mol. The predicted molar refractivity (Wildman–Crippen MR) is 109 cm³/mol. The molecule has 0 aliphatic heterocycles. The third-order valence-electron chi connectivity index (χ3n) is 4.54. The summed E-state index contributed by atoms with van der Waals surface area (Å²) in [6.07, 6.45) is 8.53. The standard InChI is InChI=1S/C23H36O4/c1-5-6-7-8-9-17-26-22(24)20-13-15-21(16-14-20)23(25)27-19(4)12-10-11-18(2)3/h13-16,18-19H,5-12,17H2,1-4H3. The number of unbranched alkanes of at least 4 members (excludes halogenated alkanes) is 4. The van der Waals surface area contributed by atoms with E-state index < -0.39 is 0 Å². The Bertz CT molecular complexity index is 548. The first-order valence-corrected chi connectivity index (χ1v) is 10.4. The first kappa shape index (κ1) is 23.2. The lowest BCUT2D eigenvalue weighted by molar-refractivity contribution is 0.0317. The summed E-state index contributed by atoms with van der Waals surface area (Å²) in [6, 6.07) is 6.50. The number of carbonyl (C=O) groups is 2. The molecule has 1 atom stereocenters. The molecule has 27 heavy (non-hydrogen) atoms. The summed E-state index contributed by atoms with van der Waals surface area (Å²) in [5.41, 5.74) is 0.923. The van der Waals surface area contributed by atoms with E-state index in [9.17, 15) is 9.59 Å². The molecule has 4 nitrogen and oxygen atoms in total. The predicted octanol–water partition coefficient (Wildman–Crippen LogP) is 6.19. The van der Waals surface area contributed by atoms with Gasteiger partial charge in [-0.05, 0) is 56.4 Å². The maximum absolute atomic E-state index is 12.2. The lowest BCUT2D eigenvalue weighted by atomic mass is 10.0. The summed E-state index contributed by atoms with van der Waals surface area (Å²) in [5, 5.41) is 0. The Morgan fingerprint density at radius 2 is 1.41 bits per heavy atom. The second-order valence-electron chi connectivity index (χ2n) is 7.67. The summed E-state index contributed by atoms with van der Waals surface area (Å²) in [5.74, 6) is -0.0214. The topological polar surface area (TPSA) is 52.6 Å². The first-order valence-electron chi connectivity index (χ1n) is 10.4. The molecule has 0 heterocycles. The van der Waals surface area contributed by atoms with Crippen LogP contribution >= 0.6 is 0 Å². The molecule has 0 saturated heterocycles. The lowest BCUT2D eigenvalue weighted by Crippen LogP contribution is -2.15. The molecule has 0 aromatic heterocycles. The molecule has 0 N–H and O–H groups in total. The normalized spacial score (nSPS) is 12.0. The van der Waals surface area contributed by atoms with E-state index in [2.05, 4.69) is 20.8 Å². The van der Waals surface area contributed by atoms with Gasteiger partial charge in [0, 0.05) is 0 Å². The smallest absolute Gasteiger partial charge is 0.338 e. The molecule has 0 bridgehead atoms. The molecular formula is C23H36O4. The van der Waals surface area contributed by atoms with Crippen molar-refractivity contribution in [3.8, 4) is 0 Å². The Hall–Kier alpha value is -1.84. The van der Waals surface area contributed by atoms with Crippen LogP contribution in [-0.4, -0.2) is 24.6 Å². The average Bonchev–Trinajstić information content (AvgIpc) is 2.64. The first-order chi connectivity index (χ1) is 12.9. The van der Waals surface area contributed by atoms with Crippen LogP contribution in [0.2, 0.25) is 0 Å². The summed E-state index contributed by atoms with van der Waals surface area (Å²) in [6.45, 7) is 8.92. The number of rotatable bonds is 13. The molecular weight excluding hydrogens is 340 g/mol. The highest BCUT2D eigenvalue weighted by Crippen LogP contribution is 2.13. The van der Waals surface area contributed by atoms with Gasteiger partial charge in [0.05, 0.1) is 23.8 Å². The summed E-state index contributed by atoms with van der Waals surface area (Å²) >= 11 is 0. The van der Waals surface area contributed by atoms with E-state index in [0.29, 0.717) is 23.7 Å². The van der Waals surface area contributed by atoms with E-state index in [-0.39, 0.29) is 18.0 Å². The van der Waals surface area contributed by atoms with Crippen molar-refractivity contribution in [3.05, 3.63) is 35.4 Å². The molecule has 0 fully saturated rings. The maximum Gasteiger partial charge on any atom is 0.338 e. The van der Waals surface area contributed by atoms with E-state index in [1.807, 2.05) is 6.92 Å². The fourth-order valence-electron chi connectivity index (χ4n) is 2.82. The third-order valence-corrected chi connectivity index (χ3v) is 4.54. The summed E-state index contributed by atoms with van der Waals surface area (Å²) < 4.78 is 10.8. The molecule has 0 radical (unpaired) electrons. The van der Waals surface area contributed by atoms with Crippen molar-refractivity contribution in [2.45, 2.75) is 85.2 Å². The van der Waals surface area contributed by atoms with Gasteiger partial charge in [-0.3, -0.25) is 0 Å². The van der Waals surface area contributed by atoms with E-state index in [0.717, 1.165) is 32.1 Å². The van der Waals surface area contributed by atoms with Gasteiger partial charge in [-0.2, -0.15) is 0 Å². The quantitative estimate of drug-likeness (QED) is 0.304. The van der Waals surface area contributed by atoms with Crippen LogP contribution in [0.25, 0.3) is 0 Å². The molecule has 1 aromatic rings. The molecule has 0 spiro atoms. The summed E-state index contributed by atoms with van der Waals surface area (Å²) in [4.78, 5) is 24.2. The number of esters is 2. The van der Waals surface area contributed by atoms with E-state index in [1.54, 1.807) is 24.3 Å². The Kier molecular flexibility index (Phi) is 11.5. The van der Waals surface area contributed by atoms with Gasteiger partial charge in [-0.25, -0.2) is 9.59 Å². The number of carbonyl (C=O) groups excluding carboxylic acids is 2. The van der Waals surface area contributed by atoms with Gasteiger partial charge in [0.2, 0.25) is 0 Å².